The second-order valence-electron chi connectivity index (χ2n) is 5.49. The number of carbonyl (C=O) groups is 1. The van der Waals surface area contributed by atoms with Crippen molar-refractivity contribution in [1.82, 2.24) is 0 Å². The van der Waals surface area contributed by atoms with Crippen molar-refractivity contribution in [3.8, 4) is 0 Å². The van der Waals surface area contributed by atoms with Crippen molar-refractivity contribution in [2.45, 2.75) is 58.3 Å². The lowest BCUT2D eigenvalue weighted by molar-refractivity contribution is -0.118. The highest BCUT2D eigenvalue weighted by molar-refractivity contribution is 7.17. The van der Waals surface area contributed by atoms with E-state index >= 15 is 0 Å². The van der Waals surface area contributed by atoms with E-state index in [9.17, 15) is 4.79 Å². The number of benzene rings is 1. The van der Waals surface area contributed by atoms with Gasteiger partial charge in [0.1, 0.15) is 5.78 Å². The molecule has 0 radical (unpaired) electrons. The number of rotatable bonds is 9. The molecule has 0 unspecified atom stereocenters. The van der Waals surface area contributed by atoms with E-state index in [1.54, 1.807) is 11.3 Å². The zero-order valence-corrected chi connectivity index (χ0v) is 13.2. The standard InChI is InChI=1S/C18H24OS/c1-2-3-4-5-6-7-10-16(19)13-15-14-20-18-12-9-8-11-17(15)18/h8-9,11-12,14H,2-7,10,13H2,1H3. The van der Waals surface area contributed by atoms with Crippen LogP contribution in [0.5, 0.6) is 0 Å². The van der Waals surface area contributed by atoms with Crippen molar-refractivity contribution in [2.24, 2.45) is 0 Å². The molecule has 0 bridgehead atoms. The van der Waals surface area contributed by atoms with Gasteiger partial charge in [-0.05, 0) is 28.8 Å². The molecule has 0 aliphatic rings. The summed E-state index contributed by atoms with van der Waals surface area (Å²) in [5.74, 6) is 0.393. The minimum atomic E-state index is 0.393. The Morgan fingerprint density at radius 2 is 1.80 bits per heavy atom. The van der Waals surface area contributed by atoms with Gasteiger partial charge in [-0.15, -0.1) is 11.3 Å². The Hall–Kier alpha value is -1.15. The van der Waals surface area contributed by atoms with Crippen LogP contribution in [-0.2, 0) is 11.2 Å². The van der Waals surface area contributed by atoms with Gasteiger partial charge in [0.25, 0.3) is 0 Å². The van der Waals surface area contributed by atoms with Crippen molar-refractivity contribution >= 4 is 27.2 Å². The van der Waals surface area contributed by atoms with E-state index in [4.69, 9.17) is 0 Å². The minimum Gasteiger partial charge on any atom is -0.299 e. The molecule has 2 aromatic rings. The van der Waals surface area contributed by atoms with Gasteiger partial charge in [0.15, 0.2) is 0 Å². The van der Waals surface area contributed by atoms with E-state index in [0.717, 1.165) is 12.8 Å². The summed E-state index contributed by atoms with van der Waals surface area (Å²) in [7, 11) is 0. The number of ketones is 1. The third-order valence-electron chi connectivity index (χ3n) is 3.76. The maximum absolute atomic E-state index is 12.0. The van der Waals surface area contributed by atoms with E-state index in [-0.39, 0.29) is 0 Å². The van der Waals surface area contributed by atoms with Crippen LogP contribution in [0.3, 0.4) is 0 Å². The topological polar surface area (TPSA) is 17.1 Å². The SMILES string of the molecule is CCCCCCCCC(=O)Cc1csc2ccccc12. The number of carbonyl (C=O) groups excluding carboxylic acids is 1. The molecule has 0 saturated heterocycles. The van der Waals surface area contributed by atoms with Gasteiger partial charge in [-0.3, -0.25) is 4.79 Å². The average Bonchev–Trinajstić information content (AvgIpc) is 2.86. The second-order valence-corrected chi connectivity index (χ2v) is 6.40. The molecule has 108 valence electrons. The molecular weight excluding hydrogens is 264 g/mol. The van der Waals surface area contributed by atoms with Gasteiger partial charge >= 0.3 is 0 Å². The number of thiophene rings is 1. The number of hydrogen-bond acceptors (Lipinski definition) is 2. The summed E-state index contributed by atoms with van der Waals surface area (Å²) in [5.41, 5.74) is 1.21. The molecule has 1 heterocycles. The van der Waals surface area contributed by atoms with Crippen LogP contribution >= 0.6 is 11.3 Å². The van der Waals surface area contributed by atoms with Gasteiger partial charge in [-0.25, -0.2) is 0 Å². The molecule has 0 N–H and O–H groups in total. The van der Waals surface area contributed by atoms with Crippen LogP contribution in [-0.4, -0.2) is 5.78 Å². The summed E-state index contributed by atoms with van der Waals surface area (Å²) in [4.78, 5) is 12.0. The molecule has 0 fully saturated rings. The molecule has 2 rings (SSSR count). The van der Waals surface area contributed by atoms with E-state index < -0.39 is 0 Å². The third-order valence-corrected chi connectivity index (χ3v) is 4.77. The quantitative estimate of drug-likeness (QED) is 0.536. The summed E-state index contributed by atoms with van der Waals surface area (Å²) in [5, 5.41) is 3.40. The van der Waals surface area contributed by atoms with Crippen LogP contribution in [0.15, 0.2) is 29.6 Å². The zero-order chi connectivity index (χ0) is 14.2. The summed E-state index contributed by atoms with van der Waals surface area (Å²) in [6, 6.07) is 8.36. The van der Waals surface area contributed by atoms with Crippen LogP contribution < -0.4 is 0 Å². The maximum Gasteiger partial charge on any atom is 0.137 e. The number of hydrogen-bond donors (Lipinski definition) is 0. The normalized spacial score (nSPS) is 11.1. The summed E-state index contributed by atoms with van der Waals surface area (Å²) >= 11 is 1.74. The third kappa shape index (κ3) is 4.45. The van der Waals surface area contributed by atoms with Crippen LogP contribution in [0, 0.1) is 0 Å². The monoisotopic (exact) mass is 288 g/mol. The first kappa shape index (κ1) is 15.2. The summed E-state index contributed by atoms with van der Waals surface area (Å²) in [6.45, 7) is 2.23. The summed E-state index contributed by atoms with van der Waals surface area (Å²) in [6.07, 6.45) is 8.83. The van der Waals surface area contributed by atoms with E-state index in [1.165, 1.54) is 47.8 Å². The maximum atomic E-state index is 12.0. The average molecular weight is 288 g/mol. The van der Waals surface area contributed by atoms with Crippen LogP contribution in [0.1, 0.15) is 57.4 Å². The minimum absolute atomic E-state index is 0.393. The smallest absolute Gasteiger partial charge is 0.137 e. The molecular formula is C18H24OS. The van der Waals surface area contributed by atoms with Gasteiger partial charge in [0.05, 0.1) is 0 Å². The number of unbranched alkanes of at least 4 members (excludes halogenated alkanes) is 5. The Morgan fingerprint density at radius 3 is 2.65 bits per heavy atom. The second kappa shape index (κ2) is 8.21. The van der Waals surface area contributed by atoms with Crippen molar-refractivity contribution in [1.29, 1.82) is 0 Å². The molecule has 20 heavy (non-hydrogen) atoms. The molecule has 1 aromatic carbocycles. The van der Waals surface area contributed by atoms with Crippen LogP contribution in [0.25, 0.3) is 10.1 Å². The predicted molar refractivity (Wildman–Crippen MR) is 88.5 cm³/mol. The molecule has 0 spiro atoms. The van der Waals surface area contributed by atoms with Gasteiger partial charge < -0.3 is 0 Å². The molecule has 0 atom stereocenters. The van der Waals surface area contributed by atoms with Crippen molar-refractivity contribution in [2.75, 3.05) is 0 Å². The molecule has 0 amide bonds. The first-order valence-electron chi connectivity index (χ1n) is 7.78. The zero-order valence-electron chi connectivity index (χ0n) is 12.4. The number of Topliss-reactive ketones (excluding diaryl/α,β-unsaturated/α-hetero) is 1. The van der Waals surface area contributed by atoms with E-state index in [0.29, 0.717) is 12.2 Å². The summed E-state index contributed by atoms with van der Waals surface area (Å²) < 4.78 is 1.29. The highest BCUT2D eigenvalue weighted by Gasteiger charge is 2.08. The van der Waals surface area contributed by atoms with Gasteiger partial charge in [0.2, 0.25) is 0 Å². The van der Waals surface area contributed by atoms with Crippen LogP contribution in [0.2, 0.25) is 0 Å². The predicted octanol–water partition coefficient (Wildman–Crippen LogP) is 5.76. The first-order valence-corrected chi connectivity index (χ1v) is 8.66. The lowest BCUT2D eigenvalue weighted by Gasteiger charge is -2.01. The van der Waals surface area contributed by atoms with Crippen LogP contribution in [0.4, 0.5) is 0 Å². The van der Waals surface area contributed by atoms with E-state index in [1.807, 2.05) is 0 Å². The van der Waals surface area contributed by atoms with Crippen molar-refractivity contribution < 1.29 is 4.79 Å². The molecule has 1 nitrogen and oxygen atoms in total. The van der Waals surface area contributed by atoms with E-state index in [2.05, 4.69) is 36.6 Å². The highest BCUT2D eigenvalue weighted by atomic mass is 32.1. The molecule has 0 saturated carbocycles. The molecule has 2 heteroatoms. The fraction of sp³-hybridized carbons (Fsp3) is 0.500. The lowest BCUT2D eigenvalue weighted by atomic mass is 10.0. The molecule has 1 aromatic heterocycles. The highest BCUT2D eigenvalue weighted by Crippen LogP contribution is 2.26. The Labute approximate surface area is 126 Å². The van der Waals surface area contributed by atoms with Gasteiger partial charge in [-0.1, -0.05) is 57.2 Å². The van der Waals surface area contributed by atoms with Gasteiger partial charge in [-0.2, -0.15) is 0 Å². The Bertz CT molecular complexity index is 541. The van der Waals surface area contributed by atoms with Crippen molar-refractivity contribution in [3.63, 3.8) is 0 Å². The molecule has 0 aliphatic heterocycles. The molecule has 0 aliphatic carbocycles. The Morgan fingerprint density at radius 1 is 1.05 bits per heavy atom. The number of fused-ring (bicyclic) bond motifs is 1. The Balaban J connectivity index is 1.74. The fourth-order valence-electron chi connectivity index (χ4n) is 2.57. The largest absolute Gasteiger partial charge is 0.299 e. The first-order chi connectivity index (χ1) is 9.81. The van der Waals surface area contributed by atoms with Crippen molar-refractivity contribution in [3.05, 3.63) is 35.2 Å². The Kier molecular flexibility index (Phi) is 6.25. The van der Waals surface area contributed by atoms with Gasteiger partial charge in [0, 0.05) is 17.5 Å². The lowest BCUT2D eigenvalue weighted by Crippen LogP contribution is -2.01. The fourth-order valence-corrected chi connectivity index (χ4v) is 3.54.